The Bertz CT molecular complexity index is 133. The summed E-state index contributed by atoms with van der Waals surface area (Å²) in [7, 11) is 0. The van der Waals surface area contributed by atoms with E-state index in [0.29, 0.717) is 19.8 Å². The van der Waals surface area contributed by atoms with Crippen LogP contribution in [0.2, 0.25) is 0 Å². The van der Waals surface area contributed by atoms with Crippen LogP contribution >= 0.6 is 0 Å². The first-order valence-corrected chi connectivity index (χ1v) is 5.14. The van der Waals surface area contributed by atoms with Gasteiger partial charge in [0.1, 0.15) is 0 Å². The van der Waals surface area contributed by atoms with E-state index >= 15 is 0 Å². The fourth-order valence-electron chi connectivity index (χ4n) is 0.953. The van der Waals surface area contributed by atoms with Crippen molar-refractivity contribution in [2.45, 2.75) is 39.5 Å². The van der Waals surface area contributed by atoms with Crippen LogP contribution < -0.4 is 5.32 Å². The zero-order valence-corrected chi connectivity index (χ0v) is 9.67. The number of aliphatic hydroxyl groups is 1. The molecule has 4 nitrogen and oxygen atoms in total. The van der Waals surface area contributed by atoms with Crippen molar-refractivity contribution in [1.29, 1.82) is 0 Å². The first-order valence-electron chi connectivity index (χ1n) is 5.14. The lowest BCUT2D eigenvalue weighted by Gasteiger charge is -2.26. The van der Waals surface area contributed by atoms with Crippen LogP contribution in [-0.4, -0.2) is 43.3 Å². The second kappa shape index (κ2) is 7.17. The van der Waals surface area contributed by atoms with E-state index in [1.807, 2.05) is 27.7 Å². The van der Waals surface area contributed by atoms with Gasteiger partial charge in [-0.2, -0.15) is 0 Å². The standard InChI is InChI=1S/C10H23NO3/c1-5-13-9(14-6-2)7-11-10(3,4)8-12/h9,11-12H,5-8H2,1-4H3. The van der Waals surface area contributed by atoms with E-state index in [1.54, 1.807) is 0 Å². The molecule has 0 unspecified atom stereocenters. The molecule has 0 aromatic carbocycles. The molecule has 0 radical (unpaired) electrons. The molecule has 0 aliphatic heterocycles. The molecular formula is C10H23NO3. The molecule has 0 aromatic rings. The number of aliphatic hydroxyl groups excluding tert-OH is 1. The van der Waals surface area contributed by atoms with Crippen LogP contribution in [-0.2, 0) is 9.47 Å². The van der Waals surface area contributed by atoms with Crippen molar-refractivity contribution in [1.82, 2.24) is 5.32 Å². The third kappa shape index (κ3) is 6.32. The smallest absolute Gasteiger partial charge is 0.169 e. The Kier molecular flexibility index (Phi) is 7.09. The molecule has 0 aliphatic rings. The lowest BCUT2D eigenvalue weighted by molar-refractivity contribution is -0.135. The highest BCUT2D eigenvalue weighted by Crippen LogP contribution is 2.01. The van der Waals surface area contributed by atoms with Gasteiger partial charge >= 0.3 is 0 Å². The summed E-state index contributed by atoms with van der Waals surface area (Å²) in [5.41, 5.74) is -0.285. The Morgan fingerprint density at radius 1 is 1.21 bits per heavy atom. The largest absolute Gasteiger partial charge is 0.394 e. The van der Waals surface area contributed by atoms with Crippen LogP contribution in [0.4, 0.5) is 0 Å². The molecule has 0 heterocycles. The van der Waals surface area contributed by atoms with E-state index in [1.165, 1.54) is 0 Å². The molecule has 0 amide bonds. The summed E-state index contributed by atoms with van der Waals surface area (Å²) >= 11 is 0. The molecule has 86 valence electrons. The Balaban J connectivity index is 3.80. The van der Waals surface area contributed by atoms with Gasteiger partial charge in [0.2, 0.25) is 0 Å². The number of nitrogens with one attached hydrogen (secondary N) is 1. The van der Waals surface area contributed by atoms with Gasteiger partial charge in [0.15, 0.2) is 6.29 Å². The van der Waals surface area contributed by atoms with E-state index in [9.17, 15) is 0 Å². The number of hydrogen-bond donors (Lipinski definition) is 2. The van der Waals surface area contributed by atoms with Crippen molar-refractivity contribution >= 4 is 0 Å². The highest BCUT2D eigenvalue weighted by atomic mass is 16.7. The minimum atomic E-state index is -0.285. The monoisotopic (exact) mass is 205 g/mol. The SMILES string of the molecule is CCOC(CNC(C)(C)CO)OCC. The van der Waals surface area contributed by atoms with E-state index in [0.717, 1.165) is 0 Å². The number of hydrogen-bond acceptors (Lipinski definition) is 4. The highest BCUT2D eigenvalue weighted by Gasteiger charge is 2.18. The Morgan fingerprint density at radius 2 is 1.71 bits per heavy atom. The van der Waals surface area contributed by atoms with Gasteiger partial charge in [-0.05, 0) is 27.7 Å². The summed E-state index contributed by atoms with van der Waals surface area (Å²) in [5.74, 6) is 0. The van der Waals surface area contributed by atoms with E-state index in [-0.39, 0.29) is 18.4 Å². The predicted molar refractivity (Wildman–Crippen MR) is 56.2 cm³/mol. The van der Waals surface area contributed by atoms with Gasteiger partial charge < -0.3 is 19.9 Å². The third-order valence-electron chi connectivity index (χ3n) is 1.85. The van der Waals surface area contributed by atoms with Crippen LogP contribution in [0.15, 0.2) is 0 Å². The van der Waals surface area contributed by atoms with Crippen LogP contribution in [0, 0.1) is 0 Å². The minimum Gasteiger partial charge on any atom is -0.394 e. The molecule has 0 aliphatic carbocycles. The lowest BCUT2D eigenvalue weighted by atomic mass is 10.1. The molecule has 0 bridgehead atoms. The molecule has 0 aromatic heterocycles. The molecule has 0 saturated carbocycles. The van der Waals surface area contributed by atoms with Crippen molar-refractivity contribution in [2.24, 2.45) is 0 Å². The molecule has 0 spiro atoms. The van der Waals surface area contributed by atoms with Crippen molar-refractivity contribution in [2.75, 3.05) is 26.4 Å². The molecule has 0 fully saturated rings. The minimum absolute atomic E-state index is 0.0952. The van der Waals surface area contributed by atoms with Crippen molar-refractivity contribution in [3.63, 3.8) is 0 Å². The van der Waals surface area contributed by atoms with Gasteiger partial charge in [-0.15, -0.1) is 0 Å². The highest BCUT2D eigenvalue weighted by molar-refractivity contribution is 4.76. The van der Waals surface area contributed by atoms with E-state index in [4.69, 9.17) is 14.6 Å². The molecule has 2 N–H and O–H groups in total. The Morgan fingerprint density at radius 3 is 2.07 bits per heavy atom. The maximum Gasteiger partial charge on any atom is 0.169 e. The third-order valence-corrected chi connectivity index (χ3v) is 1.85. The van der Waals surface area contributed by atoms with Gasteiger partial charge in [-0.25, -0.2) is 0 Å². The summed E-state index contributed by atoms with van der Waals surface area (Å²) in [5, 5.41) is 12.2. The fourth-order valence-corrected chi connectivity index (χ4v) is 0.953. The summed E-state index contributed by atoms with van der Waals surface area (Å²) in [6.45, 7) is 9.68. The van der Waals surface area contributed by atoms with Gasteiger partial charge in [0, 0.05) is 25.3 Å². The summed E-state index contributed by atoms with van der Waals surface area (Å²) in [4.78, 5) is 0. The van der Waals surface area contributed by atoms with E-state index in [2.05, 4.69) is 5.32 Å². The van der Waals surface area contributed by atoms with Crippen LogP contribution in [0.1, 0.15) is 27.7 Å². The Hall–Kier alpha value is -0.160. The van der Waals surface area contributed by atoms with E-state index < -0.39 is 0 Å². The summed E-state index contributed by atoms with van der Waals surface area (Å²) in [6, 6.07) is 0. The molecule has 0 saturated heterocycles. The van der Waals surface area contributed by atoms with Gasteiger partial charge in [0.05, 0.1) is 6.61 Å². The maximum absolute atomic E-state index is 9.02. The van der Waals surface area contributed by atoms with Crippen LogP contribution in [0.3, 0.4) is 0 Å². The lowest BCUT2D eigenvalue weighted by Crippen LogP contribution is -2.47. The quantitative estimate of drug-likeness (QED) is 0.574. The second-order valence-corrected chi connectivity index (χ2v) is 3.76. The van der Waals surface area contributed by atoms with Crippen LogP contribution in [0.25, 0.3) is 0 Å². The first kappa shape index (κ1) is 13.8. The molecule has 0 rings (SSSR count). The second-order valence-electron chi connectivity index (χ2n) is 3.76. The first-order chi connectivity index (χ1) is 6.55. The average Bonchev–Trinajstić information content (AvgIpc) is 2.15. The topological polar surface area (TPSA) is 50.7 Å². The predicted octanol–water partition coefficient (Wildman–Crippen LogP) is 0.746. The average molecular weight is 205 g/mol. The van der Waals surface area contributed by atoms with Gasteiger partial charge in [0.25, 0.3) is 0 Å². The molecule has 0 atom stereocenters. The summed E-state index contributed by atoms with van der Waals surface area (Å²) in [6.07, 6.45) is -0.226. The maximum atomic E-state index is 9.02. The molecule has 4 heteroatoms. The molecule has 14 heavy (non-hydrogen) atoms. The fraction of sp³-hybridized carbons (Fsp3) is 1.00. The zero-order chi connectivity index (χ0) is 11.0. The van der Waals surface area contributed by atoms with Crippen molar-refractivity contribution < 1.29 is 14.6 Å². The number of ether oxygens (including phenoxy) is 2. The van der Waals surface area contributed by atoms with Gasteiger partial charge in [-0.1, -0.05) is 0 Å². The number of rotatable bonds is 8. The van der Waals surface area contributed by atoms with Crippen molar-refractivity contribution in [3.8, 4) is 0 Å². The normalized spacial score (nSPS) is 12.4. The Labute approximate surface area is 86.6 Å². The van der Waals surface area contributed by atoms with Crippen molar-refractivity contribution in [3.05, 3.63) is 0 Å². The summed E-state index contributed by atoms with van der Waals surface area (Å²) < 4.78 is 10.7. The zero-order valence-electron chi connectivity index (χ0n) is 9.67. The van der Waals surface area contributed by atoms with Crippen LogP contribution in [0.5, 0.6) is 0 Å². The van der Waals surface area contributed by atoms with Gasteiger partial charge in [-0.3, -0.25) is 0 Å². The molecular weight excluding hydrogens is 182 g/mol.